The molecule has 3 rings (SSSR count). The number of carbonyl (C=O) groups is 1. The topological polar surface area (TPSA) is 67.2 Å². The SMILES string of the molecule is O=C(NC(CO)c1ccc(Cl)cc1)c1cccc(-n2cccn2)c1. The van der Waals surface area contributed by atoms with Crippen LogP contribution >= 0.6 is 11.6 Å². The van der Waals surface area contributed by atoms with E-state index >= 15 is 0 Å². The van der Waals surface area contributed by atoms with E-state index in [9.17, 15) is 9.90 Å². The summed E-state index contributed by atoms with van der Waals surface area (Å²) in [5, 5.41) is 17.2. The molecule has 0 aliphatic rings. The van der Waals surface area contributed by atoms with Gasteiger partial charge in [-0.15, -0.1) is 0 Å². The number of carbonyl (C=O) groups excluding carboxylic acids is 1. The Labute approximate surface area is 144 Å². The maximum absolute atomic E-state index is 12.5. The summed E-state index contributed by atoms with van der Waals surface area (Å²) >= 11 is 5.87. The normalized spacial score (nSPS) is 11.9. The number of nitrogens with zero attached hydrogens (tertiary/aromatic N) is 2. The van der Waals surface area contributed by atoms with Crippen LogP contribution in [0.25, 0.3) is 5.69 Å². The summed E-state index contributed by atoms with van der Waals surface area (Å²) in [6.45, 7) is -0.202. The summed E-state index contributed by atoms with van der Waals surface area (Å²) in [7, 11) is 0. The number of rotatable bonds is 5. The molecule has 1 amide bonds. The van der Waals surface area contributed by atoms with Crippen molar-refractivity contribution in [2.75, 3.05) is 6.61 Å². The van der Waals surface area contributed by atoms with Gasteiger partial charge in [0.15, 0.2) is 0 Å². The van der Waals surface area contributed by atoms with Gasteiger partial charge >= 0.3 is 0 Å². The van der Waals surface area contributed by atoms with E-state index in [-0.39, 0.29) is 12.5 Å². The molecule has 0 aliphatic heterocycles. The second kappa shape index (κ2) is 7.29. The molecule has 1 heterocycles. The summed E-state index contributed by atoms with van der Waals surface area (Å²) < 4.78 is 1.68. The van der Waals surface area contributed by atoms with Crippen LogP contribution in [0.3, 0.4) is 0 Å². The summed E-state index contributed by atoms with van der Waals surface area (Å²) in [5.74, 6) is -0.266. The summed E-state index contributed by atoms with van der Waals surface area (Å²) in [4.78, 5) is 12.5. The van der Waals surface area contributed by atoms with Crippen LogP contribution in [0.2, 0.25) is 5.02 Å². The Balaban J connectivity index is 1.78. The fraction of sp³-hybridized carbons (Fsp3) is 0.111. The van der Waals surface area contributed by atoms with Gasteiger partial charge in [0.25, 0.3) is 5.91 Å². The number of aliphatic hydroxyl groups excluding tert-OH is 1. The van der Waals surface area contributed by atoms with Crippen molar-refractivity contribution in [3.05, 3.63) is 83.1 Å². The number of aromatic nitrogens is 2. The molecule has 0 saturated carbocycles. The minimum Gasteiger partial charge on any atom is -0.394 e. The van der Waals surface area contributed by atoms with Crippen LogP contribution < -0.4 is 5.32 Å². The number of benzene rings is 2. The quantitative estimate of drug-likeness (QED) is 0.749. The third-order valence-corrected chi connectivity index (χ3v) is 3.89. The first-order valence-corrected chi connectivity index (χ1v) is 7.82. The van der Waals surface area contributed by atoms with Gasteiger partial charge in [0, 0.05) is 23.0 Å². The number of hydrogen-bond acceptors (Lipinski definition) is 3. The molecule has 1 unspecified atom stereocenters. The number of nitrogens with one attached hydrogen (secondary N) is 1. The Morgan fingerprint density at radius 2 is 2.00 bits per heavy atom. The highest BCUT2D eigenvalue weighted by Gasteiger charge is 2.15. The second-order valence-corrected chi connectivity index (χ2v) is 5.70. The van der Waals surface area contributed by atoms with Crippen molar-refractivity contribution in [3.8, 4) is 5.69 Å². The largest absolute Gasteiger partial charge is 0.394 e. The Morgan fingerprint density at radius 3 is 2.67 bits per heavy atom. The van der Waals surface area contributed by atoms with Crippen LogP contribution in [0.5, 0.6) is 0 Å². The van der Waals surface area contributed by atoms with Crippen molar-refractivity contribution < 1.29 is 9.90 Å². The van der Waals surface area contributed by atoms with E-state index in [2.05, 4.69) is 10.4 Å². The Kier molecular flexibility index (Phi) is 4.93. The molecular weight excluding hydrogens is 326 g/mol. The third kappa shape index (κ3) is 3.64. The molecule has 1 aromatic heterocycles. The van der Waals surface area contributed by atoms with E-state index in [4.69, 9.17) is 11.6 Å². The maximum Gasteiger partial charge on any atom is 0.251 e. The monoisotopic (exact) mass is 341 g/mol. The van der Waals surface area contributed by atoms with Gasteiger partial charge in [-0.05, 0) is 42.0 Å². The molecule has 0 radical (unpaired) electrons. The van der Waals surface area contributed by atoms with Gasteiger partial charge in [0.1, 0.15) is 0 Å². The number of halogens is 1. The Morgan fingerprint density at radius 1 is 1.21 bits per heavy atom. The first kappa shape index (κ1) is 16.2. The van der Waals surface area contributed by atoms with Crippen LogP contribution in [0.4, 0.5) is 0 Å². The van der Waals surface area contributed by atoms with E-state index < -0.39 is 6.04 Å². The van der Waals surface area contributed by atoms with Crippen molar-refractivity contribution in [2.24, 2.45) is 0 Å². The molecule has 24 heavy (non-hydrogen) atoms. The van der Waals surface area contributed by atoms with Crippen molar-refractivity contribution >= 4 is 17.5 Å². The fourth-order valence-electron chi connectivity index (χ4n) is 2.38. The van der Waals surface area contributed by atoms with E-state index in [0.29, 0.717) is 10.6 Å². The summed E-state index contributed by atoms with van der Waals surface area (Å²) in [6.07, 6.45) is 3.48. The standard InChI is InChI=1S/C18H16ClN3O2/c19-15-7-5-13(6-8-15)17(12-23)21-18(24)14-3-1-4-16(11-14)22-10-2-9-20-22/h1-11,17,23H,12H2,(H,21,24). The zero-order chi connectivity index (χ0) is 16.9. The molecule has 0 saturated heterocycles. The first-order valence-electron chi connectivity index (χ1n) is 7.44. The van der Waals surface area contributed by atoms with Gasteiger partial charge in [-0.2, -0.15) is 5.10 Å². The molecule has 0 bridgehead atoms. The zero-order valence-electron chi connectivity index (χ0n) is 12.8. The van der Waals surface area contributed by atoms with Crippen molar-refractivity contribution in [1.82, 2.24) is 15.1 Å². The lowest BCUT2D eigenvalue weighted by molar-refractivity contribution is 0.0916. The Bertz CT molecular complexity index is 817. The van der Waals surface area contributed by atoms with Crippen molar-refractivity contribution in [1.29, 1.82) is 0 Å². The fourth-order valence-corrected chi connectivity index (χ4v) is 2.51. The number of hydrogen-bond donors (Lipinski definition) is 2. The molecule has 1 atom stereocenters. The molecule has 0 fully saturated rings. The highest BCUT2D eigenvalue weighted by Crippen LogP contribution is 2.17. The van der Waals surface area contributed by atoms with Crippen LogP contribution in [-0.4, -0.2) is 27.4 Å². The van der Waals surface area contributed by atoms with E-state index in [1.165, 1.54) is 0 Å². The first-order chi connectivity index (χ1) is 11.7. The molecule has 5 nitrogen and oxygen atoms in total. The maximum atomic E-state index is 12.5. The predicted molar refractivity (Wildman–Crippen MR) is 92.3 cm³/mol. The second-order valence-electron chi connectivity index (χ2n) is 5.26. The van der Waals surface area contributed by atoms with Gasteiger partial charge in [-0.3, -0.25) is 4.79 Å². The third-order valence-electron chi connectivity index (χ3n) is 3.64. The molecule has 3 aromatic rings. The van der Waals surface area contributed by atoms with E-state index in [1.54, 1.807) is 59.5 Å². The van der Waals surface area contributed by atoms with Crippen LogP contribution in [0, 0.1) is 0 Å². The van der Waals surface area contributed by atoms with Gasteiger partial charge in [0.05, 0.1) is 18.3 Å². The lowest BCUT2D eigenvalue weighted by Gasteiger charge is -2.17. The van der Waals surface area contributed by atoms with E-state index in [1.807, 2.05) is 12.1 Å². The highest BCUT2D eigenvalue weighted by molar-refractivity contribution is 6.30. The molecular formula is C18H16ClN3O2. The molecule has 122 valence electrons. The average molecular weight is 342 g/mol. The summed E-state index contributed by atoms with van der Waals surface area (Å²) in [5.41, 5.74) is 2.08. The van der Waals surface area contributed by atoms with Crippen LogP contribution in [0.15, 0.2) is 67.0 Å². The molecule has 0 aliphatic carbocycles. The molecule has 2 N–H and O–H groups in total. The highest BCUT2D eigenvalue weighted by atomic mass is 35.5. The average Bonchev–Trinajstić information content (AvgIpc) is 3.15. The molecule has 6 heteroatoms. The van der Waals surface area contributed by atoms with Gasteiger partial charge in [-0.25, -0.2) is 4.68 Å². The van der Waals surface area contributed by atoms with Crippen LogP contribution in [0.1, 0.15) is 22.0 Å². The molecule has 2 aromatic carbocycles. The number of aliphatic hydroxyl groups is 1. The zero-order valence-corrected chi connectivity index (χ0v) is 13.5. The van der Waals surface area contributed by atoms with Crippen molar-refractivity contribution in [3.63, 3.8) is 0 Å². The molecule has 0 spiro atoms. The Hall–Kier alpha value is -2.63. The van der Waals surface area contributed by atoms with E-state index in [0.717, 1.165) is 11.3 Å². The number of amides is 1. The van der Waals surface area contributed by atoms with Gasteiger partial charge < -0.3 is 10.4 Å². The predicted octanol–water partition coefficient (Wildman–Crippen LogP) is 2.99. The lowest BCUT2D eigenvalue weighted by Crippen LogP contribution is -2.30. The van der Waals surface area contributed by atoms with Gasteiger partial charge in [-0.1, -0.05) is 29.8 Å². The smallest absolute Gasteiger partial charge is 0.251 e. The van der Waals surface area contributed by atoms with Gasteiger partial charge in [0.2, 0.25) is 0 Å². The van der Waals surface area contributed by atoms with Crippen molar-refractivity contribution in [2.45, 2.75) is 6.04 Å². The lowest BCUT2D eigenvalue weighted by atomic mass is 10.1. The minimum absolute atomic E-state index is 0.202. The van der Waals surface area contributed by atoms with Crippen LogP contribution in [-0.2, 0) is 0 Å². The summed E-state index contributed by atoms with van der Waals surface area (Å²) in [6, 6.07) is 15.5. The minimum atomic E-state index is -0.497.